The summed E-state index contributed by atoms with van der Waals surface area (Å²) in [4.78, 5) is 21.9. The number of aliphatic carboxylic acids is 1. The molecule has 156 valence electrons. The smallest absolute Gasteiger partial charge is 0.306 e. The van der Waals surface area contributed by atoms with Crippen molar-refractivity contribution >= 4 is 11.9 Å². The molecule has 0 saturated carbocycles. The highest BCUT2D eigenvalue weighted by molar-refractivity contribution is 5.69. The van der Waals surface area contributed by atoms with Crippen LogP contribution >= 0.6 is 0 Å². The molecular weight excluding hydrogens is 328 g/mol. The first-order valence-electron chi connectivity index (χ1n) is 10.6. The second-order valence-electron chi connectivity index (χ2n) is 8.01. The average Bonchev–Trinajstić information content (AvgIpc) is 2.55. The summed E-state index contributed by atoms with van der Waals surface area (Å²) in [5, 5.41) is 8.91. The van der Waals surface area contributed by atoms with Gasteiger partial charge in [0.1, 0.15) is 0 Å². The van der Waals surface area contributed by atoms with Crippen molar-refractivity contribution in [2.45, 2.75) is 106 Å². The van der Waals surface area contributed by atoms with Gasteiger partial charge in [-0.1, -0.05) is 73.6 Å². The Morgan fingerprint density at radius 3 is 1.85 bits per heavy atom. The number of unbranched alkanes of at least 4 members (excludes halogenated alkanes) is 3. The zero-order valence-corrected chi connectivity index (χ0v) is 18.2. The number of esters is 1. The van der Waals surface area contributed by atoms with Crippen LogP contribution in [0, 0.1) is 17.8 Å². The van der Waals surface area contributed by atoms with Crippen molar-refractivity contribution in [3.8, 4) is 0 Å². The fraction of sp³-hybridized carbons (Fsp3) is 0.909. The minimum atomic E-state index is -0.617. The molecule has 0 radical (unpaired) electrons. The van der Waals surface area contributed by atoms with Crippen LogP contribution < -0.4 is 0 Å². The number of ether oxygens (including phenoxy) is 1. The van der Waals surface area contributed by atoms with E-state index >= 15 is 0 Å². The van der Waals surface area contributed by atoms with Crippen LogP contribution in [0.3, 0.4) is 0 Å². The van der Waals surface area contributed by atoms with Crippen molar-refractivity contribution in [1.82, 2.24) is 0 Å². The molecule has 0 spiro atoms. The summed E-state index contributed by atoms with van der Waals surface area (Å²) in [7, 11) is 0. The summed E-state index contributed by atoms with van der Waals surface area (Å²) in [6, 6.07) is 0. The van der Waals surface area contributed by atoms with Crippen molar-refractivity contribution in [3.05, 3.63) is 0 Å². The van der Waals surface area contributed by atoms with Crippen LogP contribution in [0.4, 0.5) is 0 Å². The highest BCUT2D eigenvalue weighted by Crippen LogP contribution is 2.18. The van der Waals surface area contributed by atoms with Crippen molar-refractivity contribution in [2.24, 2.45) is 17.8 Å². The second kappa shape index (κ2) is 18.7. The first-order chi connectivity index (χ1) is 12.2. The lowest BCUT2D eigenvalue weighted by molar-refractivity contribution is -0.144. The van der Waals surface area contributed by atoms with Crippen molar-refractivity contribution in [3.63, 3.8) is 0 Å². The Kier molecular flexibility index (Phi) is 19.6. The van der Waals surface area contributed by atoms with E-state index in [1.807, 2.05) is 0 Å². The third-order valence-corrected chi connectivity index (χ3v) is 4.29. The van der Waals surface area contributed by atoms with Gasteiger partial charge in [-0.15, -0.1) is 0 Å². The number of rotatable bonds is 14. The molecular formula is C22H44O4. The van der Waals surface area contributed by atoms with Crippen LogP contribution in [0.15, 0.2) is 0 Å². The SMILES string of the molecule is CCCCC(CCC(C)C)C(=O)O.CCCCCC(=O)OCCC(C)C. The van der Waals surface area contributed by atoms with E-state index in [0.717, 1.165) is 57.8 Å². The van der Waals surface area contributed by atoms with Crippen molar-refractivity contribution < 1.29 is 19.4 Å². The zero-order valence-electron chi connectivity index (χ0n) is 18.2. The first-order valence-corrected chi connectivity index (χ1v) is 10.6. The Balaban J connectivity index is 0. The van der Waals surface area contributed by atoms with Gasteiger partial charge in [-0.2, -0.15) is 0 Å². The predicted molar refractivity (Wildman–Crippen MR) is 109 cm³/mol. The molecule has 0 amide bonds. The van der Waals surface area contributed by atoms with Gasteiger partial charge in [0.25, 0.3) is 0 Å². The normalized spacial score (nSPS) is 11.8. The lowest BCUT2D eigenvalue weighted by Gasteiger charge is -2.12. The molecule has 0 aliphatic carbocycles. The van der Waals surface area contributed by atoms with Crippen LogP contribution in [0.5, 0.6) is 0 Å². The molecule has 4 nitrogen and oxygen atoms in total. The van der Waals surface area contributed by atoms with Crippen molar-refractivity contribution in [2.75, 3.05) is 6.61 Å². The molecule has 26 heavy (non-hydrogen) atoms. The molecule has 1 unspecified atom stereocenters. The van der Waals surface area contributed by atoms with E-state index in [4.69, 9.17) is 9.84 Å². The number of carboxylic acids is 1. The summed E-state index contributed by atoms with van der Waals surface area (Å²) < 4.78 is 5.06. The van der Waals surface area contributed by atoms with E-state index in [1.54, 1.807) is 0 Å². The maximum Gasteiger partial charge on any atom is 0.306 e. The molecule has 0 bridgehead atoms. The van der Waals surface area contributed by atoms with Gasteiger partial charge in [-0.25, -0.2) is 0 Å². The molecule has 0 aromatic rings. The van der Waals surface area contributed by atoms with Gasteiger partial charge >= 0.3 is 11.9 Å². The molecule has 0 aromatic heterocycles. The van der Waals surface area contributed by atoms with E-state index in [1.165, 1.54) is 0 Å². The number of carbonyl (C=O) groups excluding carboxylic acids is 1. The summed E-state index contributed by atoms with van der Waals surface area (Å²) in [5.74, 6) is 0.470. The van der Waals surface area contributed by atoms with Crippen LogP contribution in [0.1, 0.15) is 106 Å². The molecule has 4 heteroatoms. The Bertz CT molecular complexity index is 335. The molecule has 1 N–H and O–H groups in total. The van der Waals surface area contributed by atoms with Crippen LogP contribution in [-0.2, 0) is 14.3 Å². The first kappa shape index (κ1) is 27.2. The molecule has 0 rings (SSSR count). The average molecular weight is 373 g/mol. The third kappa shape index (κ3) is 21.0. The fourth-order valence-corrected chi connectivity index (χ4v) is 2.38. The van der Waals surface area contributed by atoms with Crippen LogP contribution in [0.2, 0.25) is 0 Å². The summed E-state index contributed by atoms with van der Waals surface area (Å²) in [6.07, 6.45) is 9.65. The Hall–Kier alpha value is -1.06. The van der Waals surface area contributed by atoms with E-state index in [9.17, 15) is 9.59 Å². The van der Waals surface area contributed by atoms with Gasteiger partial charge in [-0.05, 0) is 37.5 Å². The lowest BCUT2D eigenvalue weighted by Crippen LogP contribution is -2.14. The van der Waals surface area contributed by atoms with Crippen molar-refractivity contribution in [1.29, 1.82) is 0 Å². The van der Waals surface area contributed by atoms with Gasteiger partial charge in [0, 0.05) is 6.42 Å². The monoisotopic (exact) mass is 372 g/mol. The minimum Gasteiger partial charge on any atom is -0.481 e. The maximum absolute atomic E-state index is 11.1. The highest BCUT2D eigenvalue weighted by atomic mass is 16.5. The zero-order chi connectivity index (χ0) is 20.4. The lowest BCUT2D eigenvalue weighted by atomic mass is 9.93. The molecule has 0 fully saturated rings. The van der Waals surface area contributed by atoms with E-state index in [-0.39, 0.29) is 11.9 Å². The molecule has 0 heterocycles. The van der Waals surface area contributed by atoms with Crippen LogP contribution in [-0.4, -0.2) is 23.7 Å². The summed E-state index contributed by atoms with van der Waals surface area (Å²) in [5.41, 5.74) is 0. The third-order valence-electron chi connectivity index (χ3n) is 4.29. The van der Waals surface area contributed by atoms with Crippen LogP contribution in [0.25, 0.3) is 0 Å². The molecule has 1 atom stereocenters. The quantitative estimate of drug-likeness (QED) is 0.280. The van der Waals surface area contributed by atoms with Gasteiger partial charge in [0.05, 0.1) is 12.5 Å². The topological polar surface area (TPSA) is 63.6 Å². The van der Waals surface area contributed by atoms with E-state index in [2.05, 4.69) is 41.5 Å². The van der Waals surface area contributed by atoms with E-state index < -0.39 is 5.97 Å². The standard InChI is InChI=1S/2C11H22O2/c1-4-5-6-10(11(12)13)8-7-9(2)3;1-4-5-6-7-11(12)13-9-8-10(2)3/h9-10H,4-8H2,1-3H3,(H,12,13);10H,4-9H2,1-3H3. The fourth-order valence-electron chi connectivity index (χ4n) is 2.38. The summed E-state index contributed by atoms with van der Waals surface area (Å²) >= 11 is 0. The largest absolute Gasteiger partial charge is 0.481 e. The molecule has 0 saturated heterocycles. The number of carbonyl (C=O) groups is 2. The molecule has 0 aliphatic heterocycles. The minimum absolute atomic E-state index is 0.0332. The Morgan fingerprint density at radius 1 is 0.808 bits per heavy atom. The number of hydrogen-bond acceptors (Lipinski definition) is 3. The Labute approximate surface area is 162 Å². The predicted octanol–water partition coefficient (Wildman–Crippen LogP) is 6.47. The Morgan fingerprint density at radius 2 is 1.38 bits per heavy atom. The molecule has 0 aliphatic rings. The van der Waals surface area contributed by atoms with Gasteiger partial charge in [0.2, 0.25) is 0 Å². The number of hydrogen-bond donors (Lipinski definition) is 1. The maximum atomic E-state index is 11.1. The number of carboxylic acid groups (broad SMARTS) is 1. The second-order valence-corrected chi connectivity index (χ2v) is 8.01. The van der Waals surface area contributed by atoms with Gasteiger partial charge < -0.3 is 9.84 Å². The van der Waals surface area contributed by atoms with Gasteiger partial charge in [-0.3, -0.25) is 9.59 Å². The van der Waals surface area contributed by atoms with Gasteiger partial charge in [0.15, 0.2) is 0 Å². The summed E-state index contributed by atoms with van der Waals surface area (Å²) in [6.45, 7) is 13.3. The molecule has 0 aromatic carbocycles. The van der Waals surface area contributed by atoms with E-state index in [0.29, 0.717) is 24.9 Å². The highest BCUT2D eigenvalue weighted by Gasteiger charge is 2.16.